The lowest BCUT2D eigenvalue weighted by atomic mass is 10.2. The molecular weight excluding hydrogens is 350 g/mol. The quantitative estimate of drug-likeness (QED) is 0.598. The summed E-state index contributed by atoms with van der Waals surface area (Å²) in [7, 11) is -1.43. The van der Waals surface area contributed by atoms with E-state index >= 15 is 0 Å². The van der Waals surface area contributed by atoms with Crippen LogP contribution in [0.2, 0.25) is 0 Å². The third-order valence-corrected chi connectivity index (χ3v) is 5.25. The minimum atomic E-state index is -1.43. The summed E-state index contributed by atoms with van der Waals surface area (Å²) in [4.78, 5) is 13.5. The third kappa shape index (κ3) is 3.00. The highest BCUT2D eigenvalue weighted by Crippen LogP contribution is 2.28. The fourth-order valence-electron chi connectivity index (χ4n) is 2.55. The number of aromatic nitrogens is 2. The van der Waals surface area contributed by atoms with Crippen LogP contribution in [0.25, 0.3) is 11.0 Å². The van der Waals surface area contributed by atoms with Gasteiger partial charge in [0.25, 0.3) is 5.91 Å². The smallest absolute Gasteiger partial charge is 0.255 e. The molecule has 1 atom stereocenters. The van der Waals surface area contributed by atoms with E-state index in [9.17, 15) is 9.00 Å². The van der Waals surface area contributed by atoms with Crippen molar-refractivity contribution in [1.29, 1.82) is 0 Å². The van der Waals surface area contributed by atoms with E-state index < -0.39 is 10.8 Å². The first-order chi connectivity index (χ1) is 12.7. The van der Waals surface area contributed by atoms with Gasteiger partial charge in [0.1, 0.15) is 0 Å². The molecule has 7 heteroatoms. The van der Waals surface area contributed by atoms with Gasteiger partial charge in [0.15, 0.2) is 11.0 Å². The lowest BCUT2D eigenvalue weighted by Gasteiger charge is -2.07. The molecule has 3 aromatic carbocycles. The number of benzene rings is 3. The molecule has 0 radical (unpaired) electrons. The molecule has 1 amide bonds. The van der Waals surface area contributed by atoms with Crippen LogP contribution in [0.1, 0.15) is 10.4 Å². The second kappa shape index (κ2) is 6.89. The molecule has 0 saturated heterocycles. The normalized spacial score (nSPS) is 12.0. The van der Waals surface area contributed by atoms with Crippen molar-refractivity contribution in [3.05, 3.63) is 78.4 Å². The van der Waals surface area contributed by atoms with Crippen molar-refractivity contribution in [2.45, 2.75) is 9.79 Å². The molecule has 1 heterocycles. The average molecular weight is 363 g/mol. The molecule has 0 aliphatic heterocycles. The number of carbonyl (C=O) groups excluding carboxylic acids is 1. The van der Waals surface area contributed by atoms with Crippen molar-refractivity contribution in [2.24, 2.45) is 0 Å². The third-order valence-electron chi connectivity index (χ3n) is 3.82. The van der Waals surface area contributed by atoms with Crippen LogP contribution in [0.3, 0.4) is 0 Å². The predicted octanol–water partition coefficient (Wildman–Crippen LogP) is 3.64. The van der Waals surface area contributed by atoms with Gasteiger partial charge in [0.05, 0.1) is 21.4 Å². The van der Waals surface area contributed by atoms with Gasteiger partial charge in [-0.05, 0) is 46.7 Å². The highest BCUT2D eigenvalue weighted by Gasteiger charge is 2.18. The van der Waals surface area contributed by atoms with Crippen LogP contribution in [-0.2, 0) is 10.8 Å². The topological polar surface area (TPSA) is 85.1 Å². The second-order valence-corrected chi connectivity index (χ2v) is 6.92. The van der Waals surface area contributed by atoms with Crippen molar-refractivity contribution in [3.63, 3.8) is 0 Å². The molecule has 6 nitrogen and oxygen atoms in total. The maximum absolute atomic E-state index is 12.8. The zero-order chi connectivity index (χ0) is 17.9. The number of fused-ring (bicyclic) bond motifs is 1. The number of anilines is 1. The molecule has 4 aromatic rings. The molecule has 0 saturated carbocycles. The molecule has 0 aliphatic carbocycles. The van der Waals surface area contributed by atoms with Crippen LogP contribution >= 0.6 is 0 Å². The zero-order valence-electron chi connectivity index (χ0n) is 13.5. The Hall–Kier alpha value is -3.32. The van der Waals surface area contributed by atoms with E-state index in [1.807, 2.05) is 24.3 Å². The molecule has 1 aromatic heterocycles. The first-order valence-corrected chi connectivity index (χ1v) is 8.97. The van der Waals surface area contributed by atoms with E-state index in [-0.39, 0.29) is 5.91 Å². The fraction of sp³-hybridized carbons (Fsp3) is 0. The van der Waals surface area contributed by atoms with Crippen molar-refractivity contribution in [1.82, 2.24) is 10.3 Å². The summed E-state index contributed by atoms with van der Waals surface area (Å²) in [5.41, 5.74) is 1.69. The predicted molar refractivity (Wildman–Crippen MR) is 97.3 cm³/mol. The minimum absolute atomic E-state index is 0.271. The lowest BCUT2D eigenvalue weighted by molar-refractivity contribution is 0.102. The molecule has 0 bridgehead atoms. The minimum Gasteiger partial charge on any atom is -0.320 e. The van der Waals surface area contributed by atoms with E-state index in [1.165, 1.54) is 0 Å². The van der Waals surface area contributed by atoms with E-state index in [4.69, 9.17) is 4.63 Å². The molecule has 0 fully saturated rings. The number of amides is 1. The van der Waals surface area contributed by atoms with Crippen molar-refractivity contribution in [3.8, 4) is 0 Å². The summed E-state index contributed by atoms with van der Waals surface area (Å²) >= 11 is 0. The van der Waals surface area contributed by atoms with Crippen LogP contribution < -0.4 is 5.32 Å². The van der Waals surface area contributed by atoms with Gasteiger partial charge in [0, 0.05) is 10.5 Å². The Morgan fingerprint density at radius 2 is 1.50 bits per heavy atom. The van der Waals surface area contributed by atoms with Crippen molar-refractivity contribution < 1.29 is 13.6 Å². The van der Waals surface area contributed by atoms with Crippen molar-refractivity contribution in [2.75, 3.05) is 5.32 Å². The molecule has 0 aliphatic rings. The zero-order valence-corrected chi connectivity index (χ0v) is 14.3. The Balaban J connectivity index is 1.70. The molecule has 1 unspecified atom stereocenters. The standard InChI is InChI=1S/C19H13N3O3S/c23-19(13-7-3-1-4-8-13)20-15-11-12-16(18-17(15)21-25-22-18)26(24)14-9-5-2-6-10-14/h1-12H,(H,20,23). The monoisotopic (exact) mass is 363 g/mol. The number of nitrogens with zero attached hydrogens (tertiary/aromatic N) is 2. The Morgan fingerprint density at radius 1 is 0.846 bits per heavy atom. The van der Waals surface area contributed by atoms with E-state index in [0.717, 1.165) is 0 Å². The average Bonchev–Trinajstić information content (AvgIpc) is 3.19. The molecule has 4 rings (SSSR count). The van der Waals surface area contributed by atoms with Crippen LogP contribution in [0.4, 0.5) is 5.69 Å². The van der Waals surface area contributed by atoms with Gasteiger partial charge in [-0.2, -0.15) is 0 Å². The molecule has 1 N–H and O–H groups in total. The summed E-state index contributed by atoms with van der Waals surface area (Å²) in [5.74, 6) is -0.271. The summed E-state index contributed by atoms with van der Waals surface area (Å²) in [5, 5.41) is 10.5. The van der Waals surface area contributed by atoms with Crippen LogP contribution in [0.15, 0.2) is 87.2 Å². The maximum atomic E-state index is 12.8. The van der Waals surface area contributed by atoms with Gasteiger partial charge in [0.2, 0.25) is 0 Å². The Kier molecular flexibility index (Phi) is 4.28. The van der Waals surface area contributed by atoms with Gasteiger partial charge in [-0.15, -0.1) is 0 Å². The highest BCUT2D eigenvalue weighted by atomic mass is 32.2. The molecule has 128 valence electrons. The Bertz CT molecular complexity index is 1090. The van der Waals surface area contributed by atoms with Gasteiger partial charge >= 0.3 is 0 Å². The summed E-state index contributed by atoms with van der Waals surface area (Å²) in [6, 6.07) is 21.2. The SMILES string of the molecule is O=C(Nc1ccc(S(=O)c2ccccc2)c2nonc12)c1ccccc1. The number of hydrogen-bond donors (Lipinski definition) is 1. The van der Waals surface area contributed by atoms with Gasteiger partial charge in [-0.25, -0.2) is 8.84 Å². The number of rotatable bonds is 4. The van der Waals surface area contributed by atoms with Gasteiger partial charge in [-0.1, -0.05) is 36.4 Å². The first kappa shape index (κ1) is 16.2. The number of nitrogens with one attached hydrogen (secondary N) is 1. The molecule has 26 heavy (non-hydrogen) atoms. The summed E-state index contributed by atoms with van der Waals surface area (Å²) in [6.45, 7) is 0. The van der Waals surface area contributed by atoms with E-state index in [0.29, 0.717) is 32.1 Å². The highest BCUT2D eigenvalue weighted by molar-refractivity contribution is 7.85. The maximum Gasteiger partial charge on any atom is 0.255 e. The molecular formula is C19H13N3O3S. The summed E-state index contributed by atoms with van der Waals surface area (Å²) < 4.78 is 17.7. The van der Waals surface area contributed by atoms with Gasteiger partial charge in [-0.3, -0.25) is 4.79 Å². The summed E-state index contributed by atoms with van der Waals surface area (Å²) in [6.07, 6.45) is 0. The van der Waals surface area contributed by atoms with Crippen molar-refractivity contribution >= 4 is 33.4 Å². The van der Waals surface area contributed by atoms with E-state index in [2.05, 4.69) is 15.6 Å². The largest absolute Gasteiger partial charge is 0.320 e. The van der Waals surface area contributed by atoms with Gasteiger partial charge < -0.3 is 5.32 Å². The van der Waals surface area contributed by atoms with Crippen LogP contribution in [0, 0.1) is 0 Å². The van der Waals surface area contributed by atoms with Crippen LogP contribution in [0.5, 0.6) is 0 Å². The Morgan fingerprint density at radius 3 is 2.23 bits per heavy atom. The lowest BCUT2D eigenvalue weighted by Crippen LogP contribution is -2.12. The number of carbonyl (C=O) groups is 1. The number of hydrogen-bond acceptors (Lipinski definition) is 5. The molecule has 0 spiro atoms. The van der Waals surface area contributed by atoms with Crippen LogP contribution in [-0.4, -0.2) is 20.4 Å². The Labute approximate surface area is 151 Å². The second-order valence-electron chi connectivity index (χ2n) is 5.47. The van der Waals surface area contributed by atoms with E-state index in [1.54, 1.807) is 48.5 Å². The fourth-order valence-corrected chi connectivity index (χ4v) is 3.71. The first-order valence-electron chi connectivity index (χ1n) is 7.82.